The number of rotatable bonds is 6. The van der Waals surface area contributed by atoms with Crippen LogP contribution in [0.4, 0.5) is 0 Å². The Morgan fingerprint density at radius 1 is 1.33 bits per heavy atom. The minimum Gasteiger partial charge on any atom is -0.338 e. The Labute approximate surface area is 142 Å². The molecular weight excluding hydrogens is 304 g/mol. The summed E-state index contributed by atoms with van der Waals surface area (Å²) in [7, 11) is 0. The molecule has 1 fully saturated rings. The van der Waals surface area contributed by atoms with E-state index in [0.29, 0.717) is 6.42 Å². The minimum absolute atomic E-state index is 0.251. The topological polar surface area (TPSA) is 68.8 Å². The van der Waals surface area contributed by atoms with E-state index < -0.39 is 0 Å². The summed E-state index contributed by atoms with van der Waals surface area (Å²) in [5.41, 5.74) is 2.20. The molecule has 7 nitrogen and oxygen atoms in total. The van der Waals surface area contributed by atoms with E-state index in [2.05, 4.69) is 33.1 Å². The molecule has 0 N–H and O–H groups in total. The zero-order valence-corrected chi connectivity index (χ0v) is 14.6. The van der Waals surface area contributed by atoms with Gasteiger partial charge in [-0.3, -0.25) is 14.2 Å². The maximum atomic E-state index is 12.7. The van der Waals surface area contributed by atoms with E-state index in [0.717, 1.165) is 50.3 Å². The van der Waals surface area contributed by atoms with Crippen LogP contribution in [0.15, 0.2) is 18.7 Å². The second kappa shape index (κ2) is 7.59. The summed E-state index contributed by atoms with van der Waals surface area (Å²) in [6, 6.07) is 2.35. The van der Waals surface area contributed by atoms with Gasteiger partial charge in [-0.05, 0) is 45.6 Å². The van der Waals surface area contributed by atoms with E-state index in [4.69, 9.17) is 0 Å². The van der Waals surface area contributed by atoms with Crippen molar-refractivity contribution in [3.63, 3.8) is 0 Å². The Hall–Kier alpha value is -2.18. The Kier molecular flexibility index (Phi) is 5.27. The lowest BCUT2D eigenvalue weighted by molar-refractivity contribution is -0.135. The Morgan fingerprint density at radius 3 is 2.92 bits per heavy atom. The number of piperidine rings is 1. The summed E-state index contributed by atoms with van der Waals surface area (Å²) < 4.78 is 3.82. The highest BCUT2D eigenvalue weighted by Crippen LogP contribution is 2.20. The van der Waals surface area contributed by atoms with Gasteiger partial charge >= 0.3 is 0 Å². The number of aromatic nitrogens is 5. The number of nitrogens with zero attached hydrogens (tertiary/aromatic N) is 6. The van der Waals surface area contributed by atoms with Gasteiger partial charge in [0.25, 0.3) is 0 Å². The van der Waals surface area contributed by atoms with Crippen LogP contribution >= 0.6 is 0 Å². The molecule has 1 aliphatic heterocycles. The van der Waals surface area contributed by atoms with Crippen LogP contribution in [0.1, 0.15) is 43.5 Å². The first-order chi connectivity index (χ1) is 11.6. The molecule has 2 aromatic rings. The van der Waals surface area contributed by atoms with Crippen LogP contribution in [0, 0.1) is 13.8 Å². The summed E-state index contributed by atoms with van der Waals surface area (Å²) in [5.74, 6) is 0.251. The largest absolute Gasteiger partial charge is 0.338 e. The number of carbonyl (C=O) groups is 1. The van der Waals surface area contributed by atoms with Crippen LogP contribution in [0.25, 0.3) is 0 Å². The highest BCUT2D eigenvalue weighted by Gasteiger charge is 2.27. The predicted molar refractivity (Wildman–Crippen MR) is 90.3 cm³/mol. The van der Waals surface area contributed by atoms with E-state index in [1.54, 1.807) is 11.0 Å². The van der Waals surface area contributed by atoms with Crippen LogP contribution in [0.3, 0.4) is 0 Å². The van der Waals surface area contributed by atoms with Crippen LogP contribution in [0.5, 0.6) is 0 Å². The first kappa shape index (κ1) is 16.7. The van der Waals surface area contributed by atoms with Gasteiger partial charge in [0.05, 0.1) is 18.3 Å². The van der Waals surface area contributed by atoms with Gasteiger partial charge in [0, 0.05) is 25.2 Å². The fourth-order valence-corrected chi connectivity index (χ4v) is 3.46. The molecule has 0 spiro atoms. The Bertz CT molecular complexity index is 663. The van der Waals surface area contributed by atoms with Crippen molar-refractivity contribution in [1.82, 2.24) is 29.4 Å². The monoisotopic (exact) mass is 330 g/mol. The number of hydrogen-bond donors (Lipinski definition) is 0. The maximum Gasteiger partial charge on any atom is 0.222 e. The van der Waals surface area contributed by atoms with Gasteiger partial charge in [-0.25, -0.2) is 4.98 Å². The summed E-state index contributed by atoms with van der Waals surface area (Å²) >= 11 is 0. The molecule has 2 aromatic heterocycles. The maximum absolute atomic E-state index is 12.7. The SMILES string of the molecule is Cc1cc(C)n(C[C@H]2CCCCN2C(=O)CCCn2cncn2)n1. The van der Waals surface area contributed by atoms with E-state index in [-0.39, 0.29) is 11.9 Å². The molecular formula is C17H26N6O. The van der Waals surface area contributed by atoms with Crippen LogP contribution in [-0.4, -0.2) is 47.9 Å². The van der Waals surface area contributed by atoms with Gasteiger partial charge < -0.3 is 4.90 Å². The molecule has 1 aliphatic rings. The third-order valence-corrected chi connectivity index (χ3v) is 4.68. The molecule has 7 heteroatoms. The summed E-state index contributed by atoms with van der Waals surface area (Å²) in [4.78, 5) is 18.7. The summed E-state index contributed by atoms with van der Waals surface area (Å²) in [6.07, 6.45) is 7.93. The molecule has 3 heterocycles. The van der Waals surface area contributed by atoms with Gasteiger partial charge in [-0.2, -0.15) is 10.2 Å². The summed E-state index contributed by atoms with van der Waals surface area (Å²) in [5, 5.41) is 8.63. The van der Waals surface area contributed by atoms with Gasteiger partial charge in [-0.15, -0.1) is 0 Å². The number of aryl methyl sites for hydroxylation is 3. The highest BCUT2D eigenvalue weighted by atomic mass is 16.2. The van der Waals surface area contributed by atoms with Crippen molar-refractivity contribution in [2.45, 2.75) is 65.1 Å². The lowest BCUT2D eigenvalue weighted by atomic mass is 10.0. The standard InChI is InChI=1S/C17H26N6O/c1-14-10-15(2)23(20-14)11-16-6-3-4-9-22(16)17(24)7-5-8-21-13-18-12-19-21/h10,12-13,16H,3-9,11H2,1-2H3/t16-/m1/s1. The van der Waals surface area contributed by atoms with Crippen molar-refractivity contribution in [2.75, 3.05) is 6.54 Å². The fraction of sp³-hybridized carbons (Fsp3) is 0.647. The quantitative estimate of drug-likeness (QED) is 0.812. The van der Waals surface area contributed by atoms with Crippen molar-refractivity contribution in [3.05, 3.63) is 30.1 Å². The minimum atomic E-state index is 0.251. The van der Waals surface area contributed by atoms with Crippen LogP contribution < -0.4 is 0 Å². The van der Waals surface area contributed by atoms with E-state index in [1.165, 1.54) is 12.7 Å². The van der Waals surface area contributed by atoms with Gasteiger partial charge in [0.15, 0.2) is 0 Å². The molecule has 1 saturated heterocycles. The smallest absolute Gasteiger partial charge is 0.222 e. The van der Waals surface area contributed by atoms with E-state index in [1.807, 2.05) is 11.6 Å². The lowest BCUT2D eigenvalue weighted by Gasteiger charge is -2.36. The van der Waals surface area contributed by atoms with E-state index in [9.17, 15) is 4.79 Å². The van der Waals surface area contributed by atoms with Crippen molar-refractivity contribution < 1.29 is 4.79 Å². The van der Waals surface area contributed by atoms with Crippen molar-refractivity contribution in [1.29, 1.82) is 0 Å². The first-order valence-electron chi connectivity index (χ1n) is 8.76. The Balaban J connectivity index is 1.56. The number of carbonyl (C=O) groups excluding carboxylic acids is 1. The predicted octanol–water partition coefficient (Wildman–Crippen LogP) is 1.95. The van der Waals surface area contributed by atoms with Crippen LogP contribution in [-0.2, 0) is 17.9 Å². The molecule has 0 bridgehead atoms. The molecule has 0 unspecified atom stereocenters. The zero-order valence-electron chi connectivity index (χ0n) is 14.6. The average Bonchev–Trinajstić information content (AvgIpc) is 3.18. The van der Waals surface area contributed by atoms with Crippen molar-refractivity contribution in [2.24, 2.45) is 0 Å². The lowest BCUT2D eigenvalue weighted by Crippen LogP contribution is -2.46. The van der Waals surface area contributed by atoms with Crippen molar-refractivity contribution >= 4 is 5.91 Å². The Morgan fingerprint density at radius 2 is 2.21 bits per heavy atom. The summed E-state index contributed by atoms with van der Waals surface area (Å²) in [6.45, 7) is 6.49. The second-order valence-corrected chi connectivity index (χ2v) is 6.61. The molecule has 0 radical (unpaired) electrons. The molecule has 130 valence electrons. The first-order valence-corrected chi connectivity index (χ1v) is 8.76. The number of likely N-dealkylation sites (tertiary alicyclic amines) is 1. The molecule has 3 rings (SSSR count). The second-order valence-electron chi connectivity index (χ2n) is 6.61. The van der Waals surface area contributed by atoms with Crippen LogP contribution in [0.2, 0.25) is 0 Å². The third kappa shape index (κ3) is 4.01. The van der Waals surface area contributed by atoms with Gasteiger partial charge in [0.1, 0.15) is 12.7 Å². The number of hydrogen-bond acceptors (Lipinski definition) is 4. The zero-order chi connectivity index (χ0) is 16.9. The highest BCUT2D eigenvalue weighted by molar-refractivity contribution is 5.76. The molecule has 24 heavy (non-hydrogen) atoms. The average molecular weight is 330 g/mol. The fourth-order valence-electron chi connectivity index (χ4n) is 3.46. The molecule has 0 aliphatic carbocycles. The molecule has 0 aromatic carbocycles. The van der Waals surface area contributed by atoms with Gasteiger partial charge in [-0.1, -0.05) is 0 Å². The molecule has 0 saturated carbocycles. The molecule has 1 atom stereocenters. The van der Waals surface area contributed by atoms with E-state index >= 15 is 0 Å². The normalized spacial score (nSPS) is 18.1. The van der Waals surface area contributed by atoms with Gasteiger partial charge in [0.2, 0.25) is 5.91 Å². The number of amides is 1. The third-order valence-electron chi connectivity index (χ3n) is 4.68. The molecule has 1 amide bonds. The van der Waals surface area contributed by atoms with Crippen molar-refractivity contribution in [3.8, 4) is 0 Å².